The van der Waals surface area contributed by atoms with Gasteiger partial charge < -0.3 is 8.85 Å². The lowest BCUT2D eigenvalue weighted by Crippen LogP contribution is -2.05. The zero-order chi connectivity index (χ0) is 7.82. The van der Waals surface area contributed by atoms with Gasteiger partial charge in [-0.15, -0.1) is 0 Å². The van der Waals surface area contributed by atoms with Crippen molar-refractivity contribution in [2.75, 3.05) is 6.61 Å². The molecule has 0 aliphatic heterocycles. The number of esters is 1. The predicted molar refractivity (Wildman–Crippen MR) is 45.5 cm³/mol. The van der Waals surface area contributed by atoms with Crippen molar-refractivity contribution in [1.29, 1.82) is 0 Å². The smallest absolute Gasteiger partial charge is 0.330 e. The Morgan fingerprint density at radius 3 is 3.00 bits per heavy atom. The Hall–Kier alpha value is -0.396. The van der Waals surface area contributed by atoms with Crippen molar-refractivity contribution < 1.29 is 13.6 Å². The van der Waals surface area contributed by atoms with Crippen LogP contribution >= 0.6 is 0 Å². The molecule has 0 rings (SSSR count). The number of ether oxygens (including phenoxy) is 1. The highest BCUT2D eigenvalue weighted by Crippen LogP contribution is 1.83. The third kappa shape index (κ3) is 5.74. The minimum atomic E-state index is -0.379. The lowest BCUT2D eigenvalue weighted by atomic mass is 10.6. The molecule has 0 bridgehead atoms. The van der Waals surface area contributed by atoms with Crippen LogP contribution < -0.4 is 0 Å². The van der Waals surface area contributed by atoms with Crippen molar-refractivity contribution >= 4 is 26.2 Å². The molecule has 5 heteroatoms. The number of hydrogen-bond donors (Lipinski definition) is 0. The highest BCUT2D eigenvalue weighted by atomic mass is 28.3. The van der Waals surface area contributed by atoms with E-state index in [0.717, 1.165) is 16.5 Å². The SMILES string of the molecule is C=CC(=O)OCC[SiH2]O[SiH3]. The van der Waals surface area contributed by atoms with E-state index in [0.29, 0.717) is 6.61 Å². The van der Waals surface area contributed by atoms with Crippen LogP contribution in [0.5, 0.6) is 0 Å². The second-order valence-corrected chi connectivity index (χ2v) is 5.14. The molecule has 0 aromatic carbocycles. The van der Waals surface area contributed by atoms with E-state index < -0.39 is 0 Å². The van der Waals surface area contributed by atoms with Crippen molar-refractivity contribution in [2.45, 2.75) is 6.04 Å². The Morgan fingerprint density at radius 1 is 1.80 bits per heavy atom. The summed E-state index contributed by atoms with van der Waals surface area (Å²) in [4.78, 5) is 10.4. The Balaban J connectivity index is 3.03. The van der Waals surface area contributed by atoms with Crippen molar-refractivity contribution in [3.63, 3.8) is 0 Å². The van der Waals surface area contributed by atoms with Crippen LogP contribution in [0, 0.1) is 0 Å². The molecule has 0 heterocycles. The van der Waals surface area contributed by atoms with Gasteiger partial charge in [0.2, 0.25) is 0 Å². The van der Waals surface area contributed by atoms with Gasteiger partial charge >= 0.3 is 5.97 Å². The zero-order valence-corrected chi connectivity index (χ0v) is 9.54. The summed E-state index contributed by atoms with van der Waals surface area (Å²) in [6.07, 6.45) is 1.17. The largest absolute Gasteiger partial charge is 0.468 e. The first kappa shape index (κ1) is 9.60. The summed E-state index contributed by atoms with van der Waals surface area (Å²) in [7, 11) is 0.425. The van der Waals surface area contributed by atoms with Gasteiger partial charge in [0.05, 0.1) is 6.61 Å². The van der Waals surface area contributed by atoms with E-state index in [4.69, 9.17) is 8.85 Å². The van der Waals surface area contributed by atoms with Gasteiger partial charge in [0, 0.05) is 6.08 Å². The quantitative estimate of drug-likeness (QED) is 0.222. The fourth-order valence-electron chi connectivity index (χ4n) is 0.435. The molecule has 0 amide bonds. The highest BCUT2D eigenvalue weighted by Gasteiger charge is 1.93. The summed E-state index contributed by atoms with van der Waals surface area (Å²) in [6.45, 7) is 3.76. The first-order valence-electron chi connectivity index (χ1n) is 3.09. The summed E-state index contributed by atoms with van der Waals surface area (Å²) < 4.78 is 9.72. The minimum Gasteiger partial charge on any atom is -0.468 e. The van der Waals surface area contributed by atoms with Crippen LogP contribution in [0.2, 0.25) is 6.04 Å². The van der Waals surface area contributed by atoms with E-state index in [9.17, 15) is 4.79 Å². The molecule has 3 nitrogen and oxygen atoms in total. The normalized spacial score (nSPS) is 10.4. The van der Waals surface area contributed by atoms with E-state index in [-0.39, 0.29) is 15.7 Å². The fraction of sp³-hybridized carbons (Fsp3) is 0.400. The molecule has 0 aliphatic rings. The maximum atomic E-state index is 10.4. The topological polar surface area (TPSA) is 35.5 Å². The summed E-state index contributed by atoms with van der Waals surface area (Å²) >= 11 is 0. The van der Waals surface area contributed by atoms with E-state index in [1.165, 1.54) is 6.08 Å². The minimum absolute atomic E-state index is 0.345. The van der Waals surface area contributed by atoms with Crippen LogP contribution in [-0.2, 0) is 13.6 Å². The molecule has 0 aromatic rings. The Labute approximate surface area is 65.9 Å². The molecule has 0 N–H and O–H groups in total. The van der Waals surface area contributed by atoms with Gasteiger partial charge in [0.1, 0.15) is 20.2 Å². The van der Waals surface area contributed by atoms with Crippen LogP contribution in [0.3, 0.4) is 0 Å². The molecule has 0 saturated heterocycles. The standard InChI is InChI=1S/C5H12O3Si2/c1-2-5(6)7-3-4-10-8-9/h2H,1,3-4,10H2,9H3. The second kappa shape index (κ2) is 6.72. The van der Waals surface area contributed by atoms with Crippen molar-refractivity contribution in [1.82, 2.24) is 0 Å². The summed E-state index contributed by atoms with van der Waals surface area (Å²) in [5.74, 6) is -0.345. The molecule has 0 fully saturated rings. The lowest BCUT2D eigenvalue weighted by molar-refractivity contribution is -0.137. The second-order valence-electron chi connectivity index (χ2n) is 1.72. The van der Waals surface area contributed by atoms with Crippen molar-refractivity contribution in [3.8, 4) is 0 Å². The molecule has 58 valence electrons. The number of carbonyl (C=O) groups excluding carboxylic acids is 1. The Kier molecular flexibility index (Phi) is 6.45. The van der Waals surface area contributed by atoms with Gasteiger partial charge in [-0.1, -0.05) is 6.58 Å². The predicted octanol–water partition coefficient (Wildman–Crippen LogP) is -1.49. The Bertz CT molecular complexity index is 115. The van der Waals surface area contributed by atoms with Gasteiger partial charge in [0.15, 0.2) is 0 Å². The van der Waals surface area contributed by atoms with Gasteiger partial charge in [-0.3, -0.25) is 0 Å². The number of hydrogen-bond acceptors (Lipinski definition) is 3. The molecule has 0 saturated carbocycles. The van der Waals surface area contributed by atoms with Crippen molar-refractivity contribution in [3.05, 3.63) is 12.7 Å². The molecule has 0 aromatic heterocycles. The van der Waals surface area contributed by atoms with Crippen LogP contribution in [0.1, 0.15) is 0 Å². The van der Waals surface area contributed by atoms with E-state index in [1.807, 2.05) is 0 Å². The Morgan fingerprint density at radius 2 is 2.50 bits per heavy atom. The van der Waals surface area contributed by atoms with Crippen molar-refractivity contribution in [2.24, 2.45) is 0 Å². The van der Waals surface area contributed by atoms with Crippen LogP contribution in [-0.4, -0.2) is 32.8 Å². The maximum Gasteiger partial charge on any atom is 0.330 e. The molecule has 0 aliphatic carbocycles. The van der Waals surface area contributed by atoms with Crippen LogP contribution in [0.15, 0.2) is 12.7 Å². The highest BCUT2D eigenvalue weighted by molar-refractivity contribution is 6.34. The van der Waals surface area contributed by atoms with Gasteiger partial charge in [-0.2, -0.15) is 0 Å². The maximum absolute atomic E-state index is 10.4. The summed E-state index contributed by atoms with van der Waals surface area (Å²) in [6, 6.07) is 0.906. The van der Waals surface area contributed by atoms with E-state index in [2.05, 4.69) is 6.58 Å². The summed E-state index contributed by atoms with van der Waals surface area (Å²) in [5.41, 5.74) is 0. The van der Waals surface area contributed by atoms with Gasteiger partial charge in [-0.25, -0.2) is 4.79 Å². The third-order valence-electron chi connectivity index (χ3n) is 0.904. The van der Waals surface area contributed by atoms with Crippen LogP contribution in [0.4, 0.5) is 0 Å². The molecule has 0 radical (unpaired) electrons. The van der Waals surface area contributed by atoms with E-state index >= 15 is 0 Å². The average Bonchev–Trinajstić information content (AvgIpc) is 1.98. The summed E-state index contributed by atoms with van der Waals surface area (Å²) in [5, 5.41) is 0. The molecule has 10 heavy (non-hydrogen) atoms. The van der Waals surface area contributed by atoms with Gasteiger partial charge in [0.25, 0.3) is 0 Å². The molecular weight excluding hydrogens is 164 g/mol. The lowest BCUT2D eigenvalue weighted by Gasteiger charge is -1.99. The fourth-order valence-corrected chi connectivity index (χ4v) is 1.85. The molecule has 0 atom stereocenters. The number of rotatable bonds is 5. The molecular formula is C5H12O3Si2. The molecule has 0 unspecified atom stereocenters. The average molecular weight is 176 g/mol. The first-order valence-corrected chi connectivity index (χ1v) is 5.48. The zero-order valence-electron chi connectivity index (χ0n) is 6.13. The van der Waals surface area contributed by atoms with Crippen LogP contribution in [0.25, 0.3) is 0 Å². The van der Waals surface area contributed by atoms with Gasteiger partial charge in [-0.05, 0) is 6.04 Å². The first-order chi connectivity index (χ1) is 4.81. The van der Waals surface area contributed by atoms with E-state index in [1.54, 1.807) is 0 Å². The third-order valence-corrected chi connectivity index (χ3v) is 3.11. The monoisotopic (exact) mass is 176 g/mol. The molecule has 0 spiro atoms. The number of carbonyl (C=O) groups is 1.